The second-order valence-corrected chi connectivity index (χ2v) is 6.71. The number of likely N-dealkylation sites (tertiary alicyclic amines) is 1. The molecule has 1 unspecified atom stereocenters. The molecule has 3 rings (SSSR count). The molecular weight excluding hydrogens is 316 g/mol. The van der Waals surface area contributed by atoms with E-state index in [2.05, 4.69) is 21.9 Å². The van der Waals surface area contributed by atoms with Crippen LogP contribution in [0.15, 0.2) is 41.5 Å². The van der Waals surface area contributed by atoms with Gasteiger partial charge in [-0.25, -0.2) is 0 Å². The average Bonchev–Trinajstić information content (AvgIpc) is 2.63. The molecule has 1 atom stereocenters. The second kappa shape index (κ2) is 7.61. The number of carbonyl (C=O) groups excluding carboxylic acids is 1. The number of aromatic amines is 1. The summed E-state index contributed by atoms with van der Waals surface area (Å²) in [5.41, 5.74) is 1.74. The number of nitrogens with zero attached hydrogens (tertiary/aromatic N) is 3. The zero-order chi connectivity index (χ0) is 17.8. The van der Waals surface area contributed by atoms with Crippen LogP contribution in [0.2, 0.25) is 0 Å². The first-order valence-corrected chi connectivity index (χ1v) is 8.65. The Labute approximate surface area is 147 Å². The number of amides is 1. The minimum absolute atomic E-state index is 0.00735. The van der Waals surface area contributed by atoms with Crippen molar-refractivity contribution in [1.82, 2.24) is 19.8 Å². The SMILES string of the molecule is CN(CC1CCCCN1C)C(=O)c1cccc(-c2cncc(=O)[nH]2)c1. The highest BCUT2D eigenvalue weighted by Crippen LogP contribution is 2.19. The number of hydrogen-bond acceptors (Lipinski definition) is 4. The maximum absolute atomic E-state index is 12.8. The predicted molar refractivity (Wildman–Crippen MR) is 97.5 cm³/mol. The van der Waals surface area contributed by atoms with Gasteiger partial charge in [0.15, 0.2) is 0 Å². The molecule has 0 bridgehead atoms. The first-order valence-electron chi connectivity index (χ1n) is 8.65. The van der Waals surface area contributed by atoms with Gasteiger partial charge in [0.2, 0.25) is 0 Å². The Hall–Kier alpha value is -2.47. The van der Waals surface area contributed by atoms with Gasteiger partial charge in [-0.2, -0.15) is 0 Å². The van der Waals surface area contributed by atoms with E-state index in [1.54, 1.807) is 23.2 Å². The summed E-state index contributed by atoms with van der Waals surface area (Å²) < 4.78 is 0. The first kappa shape index (κ1) is 17.4. The summed E-state index contributed by atoms with van der Waals surface area (Å²) in [6, 6.07) is 7.71. The Morgan fingerprint density at radius 1 is 1.36 bits per heavy atom. The van der Waals surface area contributed by atoms with Gasteiger partial charge in [0.25, 0.3) is 11.5 Å². The Morgan fingerprint density at radius 2 is 2.20 bits per heavy atom. The van der Waals surface area contributed by atoms with Gasteiger partial charge >= 0.3 is 0 Å². The number of piperidine rings is 1. The van der Waals surface area contributed by atoms with Crippen molar-refractivity contribution in [3.63, 3.8) is 0 Å². The molecule has 2 aromatic rings. The van der Waals surface area contributed by atoms with Crippen molar-refractivity contribution in [2.24, 2.45) is 0 Å². The summed E-state index contributed by atoms with van der Waals surface area (Å²) in [7, 11) is 3.98. The van der Waals surface area contributed by atoms with E-state index in [0.717, 1.165) is 25.1 Å². The van der Waals surface area contributed by atoms with Crippen LogP contribution in [0.25, 0.3) is 11.3 Å². The minimum atomic E-state index is -0.258. The lowest BCUT2D eigenvalue weighted by atomic mass is 10.0. The molecule has 1 aliphatic rings. The van der Waals surface area contributed by atoms with Crippen LogP contribution in [0.4, 0.5) is 0 Å². The third-order valence-electron chi connectivity index (χ3n) is 4.83. The molecular formula is C19H24N4O2. The number of carbonyl (C=O) groups is 1. The van der Waals surface area contributed by atoms with Gasteiger partial charge in [0.1, 0.15) is 0 Å². The van der Waals surface area contributed by atoms with Crippen molar-refractivity contribution < 1.29 is 4.79 Å². The Bertz CT molecular complexity index is 802. The predicted octanol–water partition coefficient (Wildman–Crippen LogP) is 1.99. The molecule has 25 heavy (non-hydrogen) atoms. The summed E-state index contributed by atoms with van der Waals surface area (Å²) in [5.74, 6) is -0.00735. The molecule has 1 amide bonds. The highest BCUT2D eigenvalue weighted by Gasteiger charge is 2.23. The number of H-pyrrole nitrogens is 1. The summed E-state index contributed by atoms with van der Waals surface area (Å²) in [6.45, 7) is 1.82. The summed E-state index contributed by atoms with van der Waals surface area (Å²) >= 11 is 0. The first-order chi connectivity index (χ1) is 12.0. The molecule has 0 saturated carbocycles. The molecule has 1 aromatic carbocycles. The van der Waals surface area contributed by atoms with Crippen molar-refractivity contribution >= 4 is 5.91 Å². The Balaban J connectivity index is 1.75. The van der Waals surface area contributed by atoms with Crippen LogP contribution in [-0.4, -0.2) is 58.9 Å². The van der Waals surface area contributed by atoms with E-state index in [0.29, 0.717) is 17.3 Å². The molecule has 132 valence electrons. The second-order valence-electron chi connectivity index (χ2n) is 6.71. The maximum atomic E-state index is 12.8. The van der Waals surface area contributed by atoms with E-state index >= 15 is 0 Å². The molecule has 6 heteroatoms. The van der Waals surface area contributed by atoms with Crippen LogP contribution in [0.3, 0.4) is 0 Å². The maximum Gasteiger partial charge on any atom is 0.266 e. The van der Waals surface area contributed by atoms with Crippen molar-refractivity contribution in [2.45, 2.75) is 25.3 Å². The number of nitrogens with one attached hydrogen (secondary N) is 1. The Kier molecular flexibility index (Phi) is 5.28. The van der Waals surface area contributed by atoms with Gasteiger partial charge in [-0.1, -0.05) is 18.6 Å². The summed E-state index contributed by atoms with van der Waals surface area (Å²) in [4.78, 5) is 35.0. The standard InChI is InChI=1S/C19H24N4O2/c1-22-9-4-3-8-16(22)13-23(2)19(25)15-7-5-6-14(10-15)17-11-20-12-18(24)21-17/h5-7,10-12,16H,3-4,8-9,13H2,1-2H3,(H,21,24). The van der Waals surface area contributed by atoms with Gasteiger partial charge in [-0.05, 0) is 38.6 Å². The fourth-order valence-electron chi connectivity index (χ4n) is 3.34. The van der Waals surface area contributed by atoms with E-state index in [4.69, 9.17) is 0 Å². The van der Waals surface area contributed by atoms with E-state index in [-0.39, 0.29) is 11.5 Å². The summed E-state index contributed by atoms with van der Waals surface area (Å²) in [5, 5.41) is 0. The van der Waals surface area contributed by atoms with Crippen molar-refractivity contribution in [2.75, 3.05) is 27.2 Å². The summed E-state index contributed by atoms with van der Waals surface area (Å²) in [6.07, 6.45) is 6.40. The topological polar surface area (TPSA) is 69.3 Å². The van der Waals surface area contributed by atoms with E-state index in [1.165, 1.54) is 19.0 Å². The largest absolute Gasteiger partial charge is 0.340 e. The van der Waals surface area contributed by atoms with Crippen LogP contribution >= 0.6 is 0 Å². The lowest BCUT2D eigenvalue weighted by Crippen LogP contribution is -2.45. The molecule has 6 nitrogen and oxygen atoms in total. The zero-order valence-corrected chi connectivity index (χ0v) is 14.7. The highest BCUT2D eigenvalue weighted by atomic mass is 16.2. The Morgan fingerprint density at radius 3 is 2.96 bits per heavy atom. The smallest absolute Gasteiger partial charge is 0.266 e. The molecule has 0 aliphatic carbocycles. The average molecular weight is 340 g/mol. The van der Waals surface area contributed by atoms with Crippen LogP contribution in [-0.2, 0) is 0 Å². The van der Waals surface area contributed by atoms with Crippen LogP contribution in [0.1, 0.15) is 29.6 Å². The van der Waals surface area contributed by atoms with Gasteiger partial charge in [-0.15, -0.1) is 0 Å². The third kappa shape index (κ3) is 4.14. The monoisotopic (exact) mass is 340 g/mol. The van der Waals surface area contributed by atoms with Crippen LogP contribution < -0.4 is 5.56 Å². The van der Waals surface area contributed by atoms with Gasteiger partial charge in [-0.3, -0.25) is 14.6 Å². The van der Waals surface area contributed by atoms with Gasteiger partial charge < -0.3 is 14.8 Å². The van der Waals surface area contributed by atoms with Crippen molar-refractivity contribution in [3.05, 3.63) is 52.6 Å². The molecule has 1 aromatic heterocycles. The quantitative estimate of drug-likeness (QED) is 0.924. The van der Waals surface area contributed by atoms with E-state index < -0.39 is 0 Å². The van der Waals surface area contributed by atoms with E-state index in [1.807, 2.05) is 19.2 Å². The van der Waals surface area contributed by atoms with E-state index in [9.17, 15) is 9.59 Å². The number of benzene rings is 1. The fourth-order valence-corrected chi connectivity index (χ4v) is 3.34. The molecule has 1 N–H and O–H groups in total. The number of rotatable bonds is 4. The van der Waals surface area contributed by atoms with Gasteiger partial charge in [0.05, 0.1) is 18.1 Å². The van der Waals surface area contributed by atoms with Gasteiger partial charge in [0, 0.05) is 30.8 Å². The molecule has 0 spiro atoms. The molecule has 0 radical (unpaired) electrons. The van der Waals surface area contributed by atoms with Crippen LogP contribution in [0.5, 0.6) is 0 Å². The molecule has 1 saturated heterocycles. The van der Waals surface area contributed by atoms with Crippen molar-refractivity contribution in [3.8, 4) is 11.3 Å². The minimum Gasteiger partial charge on any atom is -0.340 e. The zero-order valence-electron chi connectivity index (χ0n) is 14.7. The highest BCUT2D eigenvalue weighted by molar-refractivity contribution is 5.95. The molecule has 1 aliphatic heterocycles. The fraction of sp³-hybridized carbons (Fsp3) is 0.421. The number of hydrogen-bond donors (Lipinski definition) is 1. The molecule has 2 heterocycles. The number of aromatic nitrogens is 2. The lowest BCUT2D eigenvalue weighted by Gasteiger charge is -2.35. The number of likely N-dealkylation sites (N-methyl/N-ethyl adjacent to an activating group) is 2. The normalized spacial score (nSPS) is 18.1. The third-order valence-corrected chi connectivity index (χ3v) is 4.83. The van der Waals surface area contributed by atoms with Crippen molar-refractivity contribution in [1.29, 1.82) is 0 Å². The van der Waals surface area contributed by atoms with Crippen LogP contribution in [0, 0.1) is 0 Å². The molecule has 1 fully saturated rings. The lowest BCUT2D eigenvalue weighted by molar-refractivity contribution is 0.0717.